The number of Topliss-reactive ketones (excluding diaryl/α,β-unsaturated/α-hetero) is 1. The van der Waals surface area contributed by atoms with Gasteiger partial charge in [-0.05, 0) is 54.3 Å². The first-order chi connectivity index (χ1) is 16.8. The lowest BCUT2D eigenvalue weighted by molar-refractivity contribution is -0.132. The van der Waals surface area contributed by atoms with Crippen LogP contribution in [0.4, 0.5) is 5.69 Å². The molecule has 0 spiro atoms. The van der Waals surface area contributed by atoms with Gasteiger partial charge >= 0.3 is 0 Å². The summed E-state index contributed by atoms with van der Waals surface area (Å²) in [7, 11) is 0. The minimum atomic E-state index is -0.836. The zero-order valence-electron chi connectivity index (χ0n) is 19.4. The minimum absolute atomic E-state index is 0.0162. The van der Waals surface area contributed by atoms with Crippen molar-refractivity contribution in [3.63, 3.8) is 0 Å². The summed E-state index contributed by atoms with van der Waals surface area (Å²) in [6, 6.07) is 18.5. The molecule has 0 aromatic heterocycles. The molecule has 3 aromatic carbocycles. The summed E-state index contributed by atoms with van der Waals surface area (Å²) in [5.41, 5.74) is 2.59. The molecular weight excluding hydrogens is 485 g/mol. The Morgan fingerprint density at radius 3 is 2.37 bits per heavy atom. The van der Waals surface area contributed by atoms with Gasteiger partial charge in [0, 0.05) is 17.3 Å². The molecule has 1 saturated heterocycles. The van der Waals surface area contributed by atoms with Crippen LogP contribution in [0.15, 0.2) is 72.3 Å². The maximum Gasteiger partial charge on any atom is 0.300 e. The van der Waals surface area contributed by atoms with Gasteiger partial charge < -0.3 is 9.84 Å². The van der Waals surface area contributed by atoms with Crippen LogP contribution in [0, 0.1) is 0 Å². The van der Waals surface area contributed by atoms with Gasteiger partial charge in [0.25, 0.3) is 11.7 Å². The molecule has 180 valence electrons. The van der Waals surface area contributed by atoms with E-state index in [2.05, 4.69) is 0 Å². The fraction of sp³-hybridized carbons (Fsp3) is 0.214. The number of carbonyl (C=O) groups is 2. The first-order valence-corrected chi connectivity index (χ1v) is 12.2. The summed E-state index contributed by atoms with van der Waals surface area (Å²) in [6.45, 7) is 4.58. The molecule has 0 saturated carbocycles. The van der Waals surface area contributed by atoms with E-state index in [0.717, 1.165) is 18.4 Å². The first-order valence-electron chi connectivity index (χ1n) is 11.4. The SMILES string of the molecule is CCCOc1cccc(N2C(=O)C(=O)/C(=C(/O)c3ccc(Cl)c(Cl)c3)C2c2ccc(CC)cc2)c1. The summed E-state index contributed by atoms with van der Waals surface area (Å²) >= 11 is 12.2. The Hall–Kier alpha value is -3.28. The number of hydrogen-bond acceptors (Lipinski definition) is 4. The van der Waals surface area contributed by atoms with Gasteiger partial charge in [-0.3, -0.25) is 14.5 Å². The number of nitrogens with zero attached hydrogens (tertiary/aromatic N) is 1. The van der Waals surface area contributed by atoms with E-state index in [1.165, 1.54) is 17.0 Å². The molecule has 0 bridgehead atoms. The summed E-state index contributed by atoms with van der Waals surface area (Å²) in [5.74, 6) is -1.23. The van der Waals surface area contributed by atoms with Gasteiger partial charge in [0.2, 0.25) is 0 Å². The van der Waals surface area contributed by atoms with Crippen LogP contribution in [0.5, 0.6) is 5.75 Å². The normalized spacial score (nSPS) is 17.1. The second-order valence-corrected chi connectivity index (χ2v) is 9.05. The standard InChI is InChI=1S/C28H25Cl2NO4/c1-3-14-35-21-7-5-6-20(16-21)31-25(18-10-8-17(4-2)9-11-18)24(27(33)28(31)34)26(32)19-12-13-22(29)23(30)15-19/h5-13,15-16,25,32H,3-4,14H2,1-2H3/b26-24+. The van der Waals surface area contributed by atoms with E-state index in [1.807, 2.05) is 38.1 Å². The van der Waals surface area contributed by atoms with Crippen LogP contribution < -0.4 is 9.64 Å². The molecule has 0 aliphatic carbocycles. The third-order valence-electron chi connectivity index (χ3n) is 5.91. The molecule has 5 nitrogen and oxygen atoms in total. The van der Waals surface area contributed by atoms with E-state index in [1.54, 1.807) is 30.3 Å². The number of anilines is 1. The maximum absolute atomic E-state index is 13.3. The number of carbonyl (C=O) groups excluding carboxylic acids is 2. The average Bonchev–Trinajstić information content (AvgIpc) is 3.14. The van der Waals surface area contributed by atoms with Crippen molar-refractivity contribution in [2.75, 3.05) is 11.5 Å². The van der Waals surface area contributed by atoms with E-state index >= 15 is 0 Å². The van der Waals surface area contributed by atoms with Crippen molar-refractivity contribution < 1.29 is 19.4 Å². The monoisotopic (exact) mass is 509 g/mol. The molecule has 1 amide bonds. The molecular formula is C28H25Cl2NO4. The van der Waals surface area contributed by atoms with Gasteiger partial charge in [0.15, 0.2) is 0 Å². The van der Waals surface area contributed by atoms with E-state index < -0.39 is 17.7 Å². The van der Waals surface area contributed by atoms with Crippen LogP contribution in [0.1, 0.15) is 43.0 Å². The summed E-state index contributed by atoms with van der Waals surface area (Å²) in [4.78, 5) is 28.1. The number of aliphatic hydroxyl groups excluding tert-OH is 1. The van der Waals surface area contributed by atoms with E-state index in [0.29, 0.717) is 34.2 Å². The Morgan fingerprint density at radius 1 is 0.971 bits per heavy atom. The number of aryl methyl sites for hydroxylation is 1. The summed E-state index contributed by atoms with van der Waals surface area (Å²) in [6.07, 6.45) is 1.68. The van der Waals surface area contributed by atoms with Gasteiger partial charge in [-0.15, -0.1) is 0 Å². The first kappa shape index (κ1) is 24.8. The minimum Gasteiger partial charge on any atom is -0.507 e. The van der Waals surface area contributed by atoms with E-state index in [4.69, 9.17) is 27.9 Å². The highest BCUT2D eigenvalue weighted by molar-refractivity contribution is 6.51. The van der Waals surface area contributed by atoms with Crippen LogP contribution in [0.25, 0.3) is 5.76 Å². The predicted molar refractivity (Wildman–Crippen MR) is 139 cm³/mol. The molecule has 1 aliphatic heterocycles. The number of rotatable bonds is 7. The molecule has 7 heteroatoms. The number of hydrogen-bond donors (Lipinski definition) is 1. The van der Waals surface area contributed by atoms with Crippen molar-refractivity contribution in [2.24, 2.45) is 0 Å². The lowest BCUT2D eigenvalue weighted by atomic mass is 9.94. The Labute approximate surface area is 214 Å². The fourth-order valence-electron chi connectivity index (χ4n) is 4.09. The molecule has 0 radical (unpaired) electrons. The van der Waals surface area contributed by atoms with Crippen LogP contribution in [0.2, 0.25) is 10.0 Å². The largest absolute Gasteiger partial charge is 0.507 e. The van der Waals surface area contributed by atoms with Gasteiger partial charge in [-0.1, -0.05) is 67.4 Å². The molecule has 1 heterocycles. The highest BCUT2D eigenvalue weighted by Gasteiger charge is 2.47. The molecule has 1 fully saturated rings. The third-order valence-corrected chi connectivity index (χ3v) is 6.65. The zero-order chi connectivity index (χ0) is 25.1. The second kappa shape index (κ2) is 10.5. The molecule has 1 N–H and O–H groups in total. The Morgan fingerprint density at radius 2 is 1.71 bits per heavy atom. The molecule has 3 aromatic rings. The van der Waals surface area contributed by atoms with Gasteiger partial charge in [-0.2, -0.15) is 0 Å². The summed E-state index contributed by atoms with van der Waals surface area (Å²) in [5, 5.41) is 11.8. The Kier molecular flexibility index (Phi) is 7.48. The quantitative estimate of drug-likeness (QED) is 0.212. The van der Waals surface area contributed by atoms with Crippen molar-refractivity contribution in [3.8, 4) is 5.75 Å². The summed E-state index contributed by atoms with van der Waals surface area (Å²) < 4.78 is 5.75. The molecule has 1 atom stereocenters. The van der Waals surface area contributed by atoms with E-state index in [9.17, 15) is 14.7 Å². The second-order valence-electron chi connectivity index (χ2n) is 8.24. The van der Waals surface area contributed by atoms with Gasteiger partial charge in [-0.25, -0.2) is 0 Å². The highest BCUT2D eigenvalue weighted by atomic mass is 35.5. The maximum atomic E-state index is 13.3. The lowest BCUT2D eigenvalue weighted by Crippen LogP contribution is -2.29. The lowest BCUT2D eigenvalue weighted by Gasteiger charge is -2.26. The van der Waals surface area contributed by atoms with Crippen LogP contribution in [-0.4, -0.2) is 23.4 Å². The van der Waals surface area contributed by atoms with Crippen molar-refractivity contribution >= 4 is 46.3 Å². The van der Waals surface area contributed by atoms with Crippen molar-refractivity contribution in [1.82, 2.24) is 0 Å². The fourth-order valence-corrected chi connectivity index (χ4v) is 4.39. The number of benzene rings is 3. The highest BCUT2D eigenvalue weighted by Crippen LogP contribution is 2.43. The molecule has 35 heavy (non-hydrogen) atoms. The predicted octanol–water partition coefficient (Wildman–Crippen LogP) is 6.97. The number of halogens is 2. The van der Waals surface area contributed by atoms with Crippen molar-refractivity contribution in [3.05, 3.63) is 99.0 Å². The number of ketones is 1. The molecule has 1 unspecified atom stereocenters. The topological polar surface area (TPSA) is 66.8 Å². The molecule has 4 rings (SSSR count). The van der Waals surface area contributed by atoms with Crippen LogP contribution >= 0.6 is 23.2 Å². The number of ether oxygens (including phenoxy) is 1. The van der Waals surface area contributed by atoms with E-state index in [-0.39, 0.29) is 16.4 Å². The zero-order valence-corrected chi connectivity index (χ0v) is 20.9. The van der Waals surface area contributed by atoms with Crippen LogP contribution in [-0.2, 0) is 16.0 Å². The van der Waals surface area contributed by atoms with Crippen molar-refractivity contribution in [2.45, 2.75) is 32.7 Å². The average molecular weight is 510 g/mol. The van der Waals surface area contributed by atoms with Crippen LogP contribution in [0.3, 0.4) is 0 Å². The Bertz CT molecular complexity index is 1300. The third kappa shape index (κ3) is 4.93. The Balaban J connectivity index is 1.89. The number of aliphatic hydroxyl groups is 1. The van der Waals surface area contributed by atoms with Gasteiger partial charge in [0.1, 0.15) is 11.5 Å². The molecule has 1 aliphatic rings. The van der Waals surface area contributed by atoms with Gasteiger partial charge in [0.05, 0.1) is 28.3 Å². The smallest absolute Gasteiger partial charge is 0.300 e. The number of amides is 1. The van der Waals surface area contributed by atoms with Crippen molar-refractivity contribution in [1.29, 1.82) is 0 Å².